The van der Waals surface area contributed by atoms with Crippen molar-refractivity contribution in [1.29, 1.82) is 0 Å². The third kappa shape index (κ3) is 7.98. The monoisotopic (exact) mass is 470 g/mol. The van der Waals surface area contributed by atoms with Crippen LogP contribution in [0.25, 0.3) is 6.08 Å². The Labute approximate surface area is 204 Å². The Morgan fingerprint density at radius 2 is 1.63 bits per heavy atom. The smallest absolute Gasteiger partial charge is 0.343 e. The van der Waals surface area contributed by atoms with Gasteiger partial charge in [0.15, 0.2) is 0 Å². The molecule has 0 atom stereocenters. The fraction of sp³-hybridized carbons (Fsp3) is 0.143. The number of carbonyl (C=O) groups excluding carboxylic acids is 2. The van der Waals surface area contributed by atoms with E-state index in [1.54, 1.807) is 66.7 Å². The van der Waals surface area contributed by atoms with Gasteiger partial charge in [-0.05, 0) is 65.7 Å². The maximum Gasteiger partial charge on any atom is 0.343 e. The van der Waals surface area contributed by atoms with Crippen molar-refractivity contribution in [1.82, 2.24) is 0 Å². The van der Waals surface area contributed by atoms with Gasteiger partial charge >= 0.3 is 11.9 Å². The number of ether oxygens (including phenoxy) is 3. The van der Waals surface area contributed by atoms with Crippen molar-refractivity contribution < 1.29 is 23.8 Å². The van der Waals surface area contributed by atoms with Crippen LogP contribution in [-0.4, -0.2) is 25.2 Å². The van der Waals surface area contributed by atoms with Crippen molar-refractivity contribution in [2.75, 3.05) is 24.7 Å². The van der Waals surface area contributed by atoms with Gasteiger partial charge in [0.05, 0.1) is 18.8 Å². The quantitative estimate of drug-likeness (QED) is 0.114. The molecule has 0 aliphatic rings. The first-order valence-electron chi connectivity index (χ1n) is 10.9. The Bertz CT molecular complexity index is 1230. The topological polar surface area (TPSA) is 114 Å². The molecule has 0 radical (unpaired) electrons. The lowest BCUT2D eigenvalue weighted by Crippen LogP contribution is -2.08. The minimum atomic E-state index is -0.492. The van der Waals surface area contributed by atoms with Crippen LogP contribution < -0.4 is 20.9 Å². The van der Waals surface area contributed by atoms with Crippen LogP contribution in [0.1, 0.15) is 27.9 Å². The molecule has 7 nitrogen and oxygen atoms in total. The lowest BCUT2D eigenvalue weighted by atomic mass is 10.1. The third-order valence-corrected chi connectivity index (χ3v) is 4.89. The highest BCUT2D eigenvalue weighted by Crippen LogP contribution is 2.18. The van der Waals surface area contributed by atoms with Crippen LogP contribution in [0.15, 0.2) is 72.8 Å². The summed E-state index contributed by atoms with van der Waals surface area (Å²) in [6.45, 7) is 0.613. The first-order valence-corrected chi connectivity index (χ1v) is 10.9. The maximum absolute atomic E-state index is 12.3. The molecule has 0 aliphatic carbocycles. The molecule has 0 bridgehead atoms. The number of benzene rings is 3. The van der Waals surface area contributed by atoms with Crippen molar-refractivity contribution in [2.24, 2.45) is 0 Å². The Morgan fingerprint density at radius 1 is 0.914 bits per heavy atom. The molecule has 3 aromatic rings. The zero-order valence-electron chi connectivity index (χ0n) is 19.1. The molecular formula is C28H26N2O5. The summed E-state index contributed by atoms with van der Waals surface area (Å²) in [5, 5.41) is 0. The average molecular weight is 471 g/mol. The SMILES string of the molecule is C#CCCOc1ccc(C(=O)Oc2ccc(C=CC(=O)OCCc3ccc(N)cc3N)cc2)cc1. The summed E-state index contributed by atoms with van der Waals surface area (Å²) in [5.41, 5.74) is 14.7. The summed E-state index contributed by atoms with van der Waals surface area (Å²) in [5.74, 6) is 2.54. The van der Waals surface area contributed by atoms with Crippen molar-refractivity contribution >= 4 is 29.4 Å². The summed E-state index contributed by atoms with van der Waals surface area (Å²) < 4.78 is 16.1. The lowest BCUT2D eigenvalue weighted by Gasteiger charge is -2.07. The Morgan fingerprint density at radius 3 is 2.31 bits per heavy atom. The van der Waals surface area contributed by atoms with Gasteiger partial charge in [0.25, 0.3) is 0 Å². The molecule has 0 aromatic heterocycles. The van der Waals surface area contributed by atoms with Crippen LogP contribution >= 0.6 is 0 Å². The van der Waals surface area contributed by atoms with E-state index in [0.717, 1.165) is 11.1 Å². The van der Waals surface area contributed by atoms with Crippen LogP contribution in [0, 0.1) is 12.3 Å². The van der Waals surface area contributed by atoms with Crippen LogP contribution in [-0.2, 0) is 16.0 Å². The summed E-state index contributed by atoms with van der Waals surface area (Å²) >= 11 is 0. The summed E-state index contributed by atoms with van der Waals surface area (Å²) in [7, 11) is 0. The molecule has 0 saturated carbocycles. The number of anilines is 2. The van der Waals surface area contributed by atoms with Crippen molar-refractivity contribution in [3.63, 3.8) is 0 Å². The van der Waals surface area contributed by atoms with E-state index in [2.05, 4.69) is 5.92 Å². The highest BCUT2D eigenvalue weighted by molar-refractivity contribution is 5.91. The number of esters is 2. The van der Waals surface area contributed by atoms with Gasteiger partial charge in [-0.3, -0.25) is 0 Å². The minimum Gasteiger partial charge on any atom is -0.493 e. The number of hydrogen-bond donors (Lipinski definition) is 2. The first kappa shape index (κ1) is 24.9. The maximum atomic E-state index is 12.3. The second-order valence-electron chi connectivity index (χ2n) is 7.49. The van der Waals surface area contributed by atoms with Crippen molar-refractivity contribution in [2.45, 2.75) is 12.8 Å². The molecule has 0 heterocycles. The van der Waals surface area contributed by atoms with Crippen molar-refractivity contribution in [3.8, 4) is 23.8 Å². The molecule has 0 fully saturated rings. The van der Waals surface area contributed by atoms with E-state index in [1.165, 1.54) is 6.08 Å². The van der Waals surface area contributed by atoms with Gasteiger partial charge in [0, 0.05) is 30.3 Å². The van der Waals surface area contributed by atoms with Crippen LogP contribution in [0.5, 0.6) is 11.5 Å². The second-order valence-corrected chi connectivity index (χ2v) is 7.49. The van der Waals surface area contributed by atoms with Gasteiger partial charge in [0.2, 0.25) is 0 Å². The predicted octanol–water partition coefficient (Wildman–Crippen LogP) is 4.27. The standard InChI is InChI=1S/C28H26N2O5/c1-2-3-17-33-24-13-8-22(9-14-24)28(32)35-25-11-4-20(5-12-25)6-15-27(31)34-18-16-21-7-10-23(29)19-26(21)30/h1,4-15,19H,3,16-18,29-30H2. The fourth-order valence-corrected chi connectivity index (χ4v) is 3.04. The van der Waals surface area contributed by atoms with Gasteiger partial charge in [-0.1, -0.05) is 18.2 Å². The van der Waals surface area contributed by atoms with E-state index >= 15 is 0 Å². The Kier molecular flexibility index (Phi) is 8.92. The molecule has 0 amide bonds. The summed E-state index contributed by atoms with van der Waals surface area (Å²) in [6.07, 6.45) is 9.14. The van der Waals surface area contributed by atoms with Gasteiger partial charge in [0.1, 0.15) is 11.5 Å². The molecular weight excluding hydrogens is 444 g/mol. The van der Waals surface area contributed by atoms with Crippen molar-refractivity contribution in [3.05, 3.63) is 89.5 Å². The molecule has 4 N–H and O–H groups in total. The third-order valence-electron chi connectivity index (χ3n) is 4.89. The van der Waals surface area contributed by atoms with Gasteiger partial charge in [-0.15, -0.1) is 12.3 Å². The van der Waals surface area contributed by atoms with Gasteiger partial charge in [-0.2, -0.15) is 0 Å². The molecule has 35 heavy (non-hydrogen) atoms. The van der Waals surface area contributed by atoms with Gasteiger partial charge in [-0.25, -0.2) is 9.59 Å². The molecule has 0 spiro atoms. The highest BCUT2D eigenvalue weighted by atomic mass is 16.5. The largest absolute Gasteiger partial charge is 0.493 e. The number of nitrogens with two attached hydrogens (primary N) is 2. The highest BCUT2D eigenvalue weighted by Gasteiger charge is 2.09. The average Bonchev–Trinajstić information content (AvgIpc) is 2.85. The number of nitrogen functional groups attached to an aromatic ring is 2. The molecule has 0 saturated heterocycles. The number of carbonyl (C=O) groups is 2. The lowest BCUT2D eigenvalue weighted by molar-refractivity contribution is -0.137. The van der Waals surface area contributed by atoms with Gasteiger partial charge < -0.3 is 25.7 Å². The molecule has 178 valence electrons. The van der Waals surface area contributed by atoms with E-state index in [0.29, 0.717) is 47.9 Å². The number of rotatable bonds is 10. The first-order chi connectivity index (χ1) is 16.9. The van der Waals surface area contributed by atoms with E-state index in [-0.39, 0.29) is 6.61 Å². The van der Waals surface area contributed by atoms with Crippen LogP contribution in [0.2, 0.25) is 0 Å². The normalized spacial score (nSPS) is 10.5. The van der Waals surface area contributed by atoms with E-state index in [4.69, 9.17) is 32.1 Å². The number of hydrogen-bond acceptors (Lipinski definition) is 7. The zero-order chi connectivity index (χ0) is 25.0. The molecule has 0 unspecified atom stereocenters. The Balaban J connectivity index is 1.45. The minimum absolute atomic E-state index is 0.199. The molecule has 7 heteroatoms. The summed E-state index contributed by atoms with van der Waals surface area (Å²) in [6, 6.07) is 18.6. The van der Waals surface area contributed by atoms with Crippen LogP contribution in [0.4, 0.5) is 11.4 Å². The summed E-state index contributed by atoms with van der Waals surface area (Å²) in [4.78, 5) is 24.3. The predicted molar refractivity (Wildman–Crippen MR) is 136 cm³/mol. The van der Waals surface area contributed by atoms with E-state index in [1.807, 2.05) is 6.07 Å². The van der Waals surface area contributed by atoms with Crippen LogP contribution in [0.3, 0.4) is 0 Å². The second kappa shape index (κ2) is 12.5. The number of terminal acetylenes is 1. The van der Waals surface area contributed by atoms with E-state index < -0.39 is 11.9 Å². The fourth-order valence-electron chi connectivity index (χ4n) is 3.04. The molecule has 3 aromatic carbocycles. The van der Waals surface area contributed by atoms with E-state index in [9.17, 15) is 9.59 Å². The molecule has 0 aliphatic heterocycles. The Hall–Kier alpha value is -4.70. The zero-order valence-corrected chi connectivity index (χ0v) is 19.1. The molecule has 3 rings (SSSR count).